The van der Waals surface area contributed by atoms with Gasteiger partial charge >= 0.3 is 5.97 Å². The molecule has 3 atom stereocenters. The van der Waals surface area contributed by atoms with Gasteiger partial charge in [0, 0.05) is 6.04 Å². The number of carbonyl (C=O) groups excluding carboxylic acids is 1. The second-order valence-corrected chi connectivity index (χ2v) is 4.41. The highest BCUT2D eigenvalue weighted by Gasteiger charge is 2.30. The predicted molar refractivity (Wildman–Crippen MR) is 60.6 cm³/mol. The monoisotopic (exact) mass is 213 g/mol. The van der Waals surface area contributed by atoms with Gasteiger partial charge < -0.3 is 10.1 Å². The van der Waals surface area contributed by atoms with Crippen molar-refractivity contribution in [1.29, 1.82) is 0 Å². The molecule has 1 aliphatic heterocycles. The first kappa shape index (κ1) is 12.5. The molecule has 0 aromatic rings. The van der Waals surface area contributed by atoms with Crippen molar-refractivity contribution in [1.82, 2.24) is 5.32 Å². The van der Waals surface area contributed by atoms with Crippen LogP contribution in [0.15, 0.2) is 0 Å². The van der Waals surface area contributed by atoms with E-state index in [2.05, 4.69) is 19.2 Å². The number of nitrogens with one attached hydrogen (secondary N) is 1. The van der Waals surface area contributed by atoms with Gasteiger partial charge in [-0.2, -0.15) is 0 Å². The lowest BCUT2D eigenvalue weighted by Crippen LogP contribution is -2.46. The van der Waals surface area contributed by atoms with Gasteiger partial charge in [-0.1, -0.05) is 20.3 Å². The van der Waals surface area contributed by atoms with Crippen molar-refractivity contribution >= 4 is 5.97 Å². The Kier molecular flexibility index (Phi) is 5.09. The largest absolute Gasteiger partial charge is 0.466 e. The van der Waals surface area contributed by atoms with Crippen LogP contribution in [0.3, 0.4) is 0 Å². The average Bonchev–Trinajstić information content (AvgIpc) is 2.18. The van der Waals surface area contributed by atoms with E-state index in [0.29, 0.717) is 25.0 Å². The molecular formula is C12H23NO2. The molecule has 0 amide bonds. The lowest BCUT2D eigenvalue weighted by molar-refractivity contribution is -0.144. The Morgan fingerprint density at radius 2 is 2.20 bits per heavy atom. The SMILES string of the molecule is CCOC(=O)C[C@@H]1NCC[C@@H](C)[C@@H]1CC. The first-order valence-corrected chi connectivity index (χ1v) is 6.08. The zero-order valence-electron chi connectivity index (χ0n) is 10.1. The third-order valence-corrected chi connectivity index (χ3v) is 3.42. The van der Waals surface area contributed by atoms with E-state index in [9.17, 15) is 4.79 Å². The summed E-state index contributed by atoms with van der Waals surface area (Å²) in [7, 11) is 0. The number of carbonyl (C=O) groups is 1. The molecular weight excluding hydrogens is 190 g/mol. The highest BCUT2D eigenvalue weighted by atomic mass is 16.5. The van der Waals surface area contributed by atoms with Gasteiger partial charge in [0.1, 0.15) is 0 Å². The van der Waals surface area contributed by atoms with Crippen LogP contribution >= 0.6 is 0 Å². The fourth-order valence-corrected chi connectivity index (χ4v) is 2.57. The summed E-state index contributed by atoms with van der Waals surface area (Å²) in [5.41, 5.74) is 0. The van der Waals surface area contributed by atoms with E-state index in [1.54, 1.807) is 0 Å². The first-order valence-electron chi connectivity index (χ1n) is 6.08. The minimum atomic E-state index is -0.0671. The van der Waals surface area contributed by atoms with Crippen LogP contribution in [0.2, 0.25) is 0 Å². The second kappa shape index (κ2) is 6.11. The van der Waals surface area contributed by atoms with E-state index in [1.807, 2.05) is 6.92 Å². The van der Waals surface area contributed by atoms with E-state index in [4.69, 9.17) is 4.74 Å². The third kappa shape index (κ3) is 3.49. The number of piperidine rings is 1. The number of ether oxygens (including phenoxy) is 1. The Labute approximate surface area is 92.6 Å². The van der Waals surface area contributed by atoms with Gasteiger partial charge in [0.2, 0.25) is 0 Å². The molecule has 0 bridgehead atoms. The number of hydrogen-bond donors (Lipinski definition) is 1. The average molecular weight is 213 g/mol. The minimum Gasteiger partial charge on any atom is -0.466 e. The van der Waals surface area contributed by atoms with Gasteiger partial charge in [-0.3, -0.25) is 4.79 Å². The Bertz CT molecular complexity index is 206. The summed E-state index contributed by atoms with van der Waals surface area (Å²) in [5.74, 6) is 1.27. The van der Waals surface area contributed by atoms with Gasteiger partial charge in [-0.25, -0.2) is 0 Å². The summed E-state index contributed by atoms with van der Waals surface area (Å²) in [6, 6.07) is 0.317. The van der Waals surface area contributed by atoms with E-state index in [1.165, 1.54) is 6.42 Å². The molecule has 0 aromatic heterocycles. The molecule has 0 spiro atoms. The molecule has 1 fully saturated rings. The highest BCUT2D eigenvalue weighted by Crippen LogP contribution is 2.27. The van der Waals surface area contributed by atoms with E-state index in [0.717, 1.165) is 18.9 Å². The van der Waals surface area contributed by atoms with Crippen LogP contribution in [0.1, 0.15) is 40.0 Å². The molecule has 1 aliphatic rings. The zero-order chi connectivity index (χ0) is 11.3. The van der Waals surface area contributed by atoms with Crippen molar-refractivity contribution in [2.24, 2.45) is 11.8 Å². The molecule has 88 valence electrons. The first-order chi connectivity index (χ1) is 7.19. The van der Waals surface area contributed by atoms with Crippen LogP contribution in [0.5, 0.6) is 0 Å². The molecule has 0 unspecified atom stereocenters. The number of hydrogen-bond acceptors (Lipinski definition) is 3. The van der Waals surface area contributed by atoms with E-state index < -0.39 is 0 Å². The standard InChI is InChI=1S/C12H23NO2/c1-4-10-9(3)6-7-13-11(10)8-12(14)15-5-2/h9-11,13H,4-8H2,1-3H3/t9-,10+,11+/m1/s1. The van der Waals surface area contributed by atoms with Crippen LogP contribution < -0.4 is 5.32 Å². The van der Waals surface area contributed by atoms with Crippen molar-refractivity contribution in [3.63, 3.8) is 0 Å². The molecule has 3 heteroatoms. The minimum absolute atomic E-state index is 0.0671. The molecule has 0 aromatic carbocycles. The Morgan fingerprint density at radius 1 is 1.47 bits per heavy atom. The Balaban J connectivity index is 2.47. The molecule has 1 saturated heterocycles. The van der Waals surface area contributed by atoms with Crippen molar-refractivity contribution in [3.05, 3.63) is 0 Å². The topological polar surface area (TPSA) is 38.3 Å². The van der Waals surface area contributed by atoms with Crippen LogP contribution in [0, 0.1) is 11.8 Å². The quantitative estimate of drug-likeness (QED) is 0.726. The van der Waals surface area contributed by atoms with Crippen LogP contribution in [0.25, 0.3) is 0 Å². The van der Waals surface area contributed by atoms with Crippen molar-refractivity contribution < 1.29 is 9.53 Å². The molecule has 3 nitrogen and oxygen atoms in total. The molecule has 0 saturated carbocycles. The van der Waals surface area contributed by atoms with E-state index in [-0.39, 0.29) is 5.97 Å². The van der Waals surface area contributed by atoms with Crippen LogP contribution in [-0.4, -0.2) is 25.2 Å². The van der Waals surface area contributed by atoms with Crippen molar-refractivity contribution in [2.75, 3.05) is 13.2 Å². The number of rotatable bonds is 4. The maximum Gasteiger partial charge on any atom is 0.307 e. The summed E-state index contributed by atoms with van der Waals surface area (Å²) in [6.45, 7) is 7.85. The molecule has 0 aliphatic carbocycles. The van der Waals surface area contributed by atoms with Crippen LogP contribution in [-0.2, 0) is 9.53 Å². The van der Waals surface area contributed by atoms with Crippen molar-refractivity contribution in [2.45, 2.75) is 46.1 Å². The van der Waals surface area contributed by atoms with Gasteiger partial charge in [-0.05, 0) is 31.7 Å². The Hall–Kier alpha value is -0.570. The highest BCUT2D eigenvalue weighted by molar-refractivity contribution is 5.70. The summed E-state index contributed by atoms with van der Waals surface area (Å²) in [5, 5.41) is 3.44. The normalized spacial score (nSPS) is 31.3. The fraction of sp³-hybridized carbons (Fsp3) is 0.917. The molecule has 1 heterocycles. The van der Waals surface area contributed by atoms with Crippen LogP contribution in [0.4, 0.5) is 0 Å². The molecule has 0 radical (unpaired) electrons. The Morgan fingerprint density at radius 3 is 2.80 bits per heavy atom. The summed E-state index contributed by atoms with van der Waals surface area (Å²) in [4.78, 5) is 11.4. The van der Waals surface area contributed by atoms with Gasteiger partial charge in [0.15, 0.2) is 0 Å². The lowest BCUT2D eigenvalue weighted by atomic mass is 9.79. The maximum atomic E-state index is 11.4. The van der Waals surface area contributed by atoms with Gasteiger partial charge in [0.05, 0.1) is 13.0 Å². The smallest absolute Gasteiger partial charge is 0.307 e. The lowest BCUT2D eigenvalue weighted by Gasteiger charge is -2.36. The zero-order valence-corrected chi connectivity index (χ0v) is 10.1. The van der Waals surface area contributed by atoms with Gasteiger partial charge in [-0.15, -0.1) is 0 Å². The maximum absolute atomic E-state index is 11.4. The third-order valence-electron chi connectivity index (χ3n) is 3.42. The summed E-state index contributed by atoms with van der Waals surface area (Å²) in [6.07, 6.45) is 2.88. The molecule has 15 heavy (non-hydrogen) atoms. The van der Waals surface area contributed by atoms with Crippen molar-refractivity contribution in [3.8, 4) is 0 Å². The molecule has 1 N–H and O–H groups in total. The predicted octanol–water partition coefficient (Wildman–Crippen LogP) is 1.96. The van der Waals surface area contributed by atoms with Gasteiger partial charge in [0.25, 0.3) is 0 Å². The number of esters is 1. The summed E-state index contributed by atoms with van der Waals surface area (Å²) < 4.78 is 4.99. The summed E-state index contributed by atoms with van der Waals surface area (Å²) >= 11 is 0. The second-order valence-electron chi connectivity index (χ2n) is 4.41. The van der Waals surface area contributed by atoms with E-state index >= 15 is 0 Å². The fourth-order valence-electron chi connectivity index (χ4n) is 2.57. The molecule has 1 rings (SSSR count).